The normalized spacial score (nSPS) is 23.6. The molecule has 1 saturated heterocycles. The first-order valence-corrected chi connectivity index (χ1v) is 11.1. The van der Waals surface area contributed by atoms with Crippen molar-refractivity contribution in [1.82, 2.24) is 19.7 Å². The van der Waals surface area contributed by atoms with Gasteiger partial charge in [-0.15, -0.1) is 0 Å². The smallest absolute Gasteiger partial charge is 0.166 e. The number of rotatable bonds is 6. The molecule has 3 aliphatic rings. The van der Waals surface area contributed by atoms with Gasteiger partial charge in [-0.05, 0) is 60.3 Å². The third kappa shape index (κ3) is 3.58. The van der Waals surface area contributed by atoms with Crippen molar-refractivity contribution in [3.05, 3.63) is 65.2 Å². The van der Waals surface area contributed by atoms with E-state index >= 15 is 0 Å². The van der Waals surface area contributed by atoms with Crippen LogP contribution in [0.15, 0.2) is 42.9 Å². The molecule has 7 heteroatoms. The van der Waals surface area contributed by atoms with E-state index in [0.29, 0.717) is 24.3 Å². The molecule has 1 saturated carbocycles. The lowest BCUT2D eigenvalue weighted by molar-refractivity contribution is 0.0973. The molecule has 158 valence electrons. The van der Waals surface area contributed by atoms with Crippen molar-refractivity contribution < 1.29 is 4.79 Å². The van der Waals surface area contributed by atoms with E-state index in [9.17, 15) is 4.79 Å². The molecular formula is C24H26N6O. The fourth-order valence-corrected chi connectivity index (χ4v) is 5.18. The molecule has 2 unspecified atom stereocenters. The molecule has 3 aromatic heterocycles. The Morgan fingerprint density at radius 1 is 1.13 bits per heavy atom. The summed E-state index contributed by atoms with van der Waals surface area (Å²) in [7, 11) is 0. The van der Waals surface area contributed by atoms with E-state index in [0.717, 1.165) is 60.4 Å². The minimum absolute atomic E-state index is 0.127. The summed E-state index contributed by atoms with van der Waals surface area (Å²) in [6.45, 7) is 2.91. The zero-order valence-electron chi connectivity index (χ0n) is 17.4. The maximum Gasteiger partial charge on any atom is 0.166 e. The summed E-state index contributed by atoms with van der Waals surface area (Å²) in [6, 6.07) is 8.07. The van der Waals surface area contributed by atoms with Gasteiger partial charge in [0.05, 0.1) is 18.3 Å². The maximum atomic E-state index is 12.8. The minimum atomic E-state index is 0.127. The molecule has 31 heavy (non-hydrogen) atoms. The average Bonchev–Trinajstić information content (AvgIpc) is 3.14. The van der Waals surface area contributed by atoms with Gasteiger partial charge in [0.25, 0.3) is 0 Å². The third-order valence-electron chi connectivity index (χ3n) is 7.04. The minimum Gasteiger partial charge on any atom is -0.384 e. The number of carbonyl (C=O) groups is 1. The van der Waals surface area contributed by atoms with Crippen LogP contribution in [0.1, 0.15) is 52.4 Å². The number of piperidine rings is 1. The van der Waals surface area contributed by atoms with Gasteiger partial charge in [0.1, 0.15) is 11.6 Å². The third-order valence-corrected chi connectivity index (χ3v) is 7.04. The van der Waals surface area contributed by atoms with Gasteiger partial charge in [0, 0.05) is 37.6 Å². The zero-order chi connectivity index (χ0) is 20.9. The molecule has 4 heterocycles. The van der Waals surface area contributed by atoms with Crippen LogP contribution in [-0.4, -0.2) is 38.6 Å². The lowest BCUT2D eigenvalue weighted by Crippen LogP contribution is -2.22. The van der Waals surface area contributed by atoms with E-state index in [4.69, 9.17) is 5.73 Å². The first kappa shape index (κ1) is 18.5. The van der Waals surface area contributed by atoms with Crippen LogP contribution in [0.25, 0.3) is 0 Å². The van der Waals surface area contributed by atoms with Crippen molar-refractivity contribution in [3.8, 4) is 0 Å². The second kappa shape index (κ2) is 7.18. The average molecular weight is 415 g/mol. The number of hydrogen-bond donors (Lipinski definition) is 1. The summed E-state index contributed by atoms with van der Waals surface area (Å²) in [4.78, 5) is 24.3. The Morgan fingerprint density at radius 3 is 2.81 bits per heavy atom. The first-order chi connectivity index (χ1) is 15.1. The van der Waals surface area contributed by atoms with Crippen LogP contribution < -0.4 is 10.6 Å². The van der Waals surface area contributed by atoms with E-state index in [1.54, 1.807) is 6.20 Å². The highest BCUT2D eigenvalue weighted by Crippen LogP contribution is 2.45. The summed E-state index contributed by atoms with van der Waals surface area (Å²) in [5, 5.41) is 4.41. The lowest BCUT2D eigenvalue weighted by atomic mass is 9.95. The van der Waals surface area contributed by atoms with Gasteiger partial charge in [-0.3, -0.25) is 9.48 Å². The molecule has 0 radical (unpaired) electrons. The Morgan fingerprint density at radius 2 is 2.00 bits per heavy atom. The first-order valence-electron chi connectivity index (χ1n) is 11.1. The molecule has 3 aromatic rings. The molecule has 2 aliphatic carbocycles. The summed E-state index contributed by atoms with van der Waals surface area (Å²) in [5.41, 5.74) is 9.74. The number of anilines is 2. The number of pyridine rings is 2. The predicted molar refractivity (Wildman–Crippen MR) is 118 cm³/mol. The second-order valence-corrected chi connectivity index (χ2v) is 9.25. The molecule has 2 N–H and O–H groups in total. The van der Waals surface area contributed by atoms with Gasteiger partial charge in [-0.2, -0.15) is 5.10 Å². The highest BCUT2D eigenvalue weighted by atomic mass is 16.1. The molecule has 0 aromatic carbocycles. The lowest BCUT2D eigenvalue weighted by Gasteiger charge is -2.18. The van der Waals surface area contributed by atoms with Crippen LogP contribution in [0, 0.1) is 11.8 Å². The number of aryl methyl sites for hydroxylation is 1. The molecule has 0 bridgehead atoms. The molecular weight excluding hydrogens is 388 g/mol. The molecule has 2 fully saturated rings. The number of aromatic nitrogens is 4. The summed E-state index contributed by atoms with van der Waals surface area (Å²) < 4.78 is 1.82. The molecule has 6 rings (SSSR count). The quantitative estimate of drug-likeness (QED) is 0.624. The maximum absolute atomic E-state index is 12.8. The van der Waals surface area contributed by atoms with Crippen LogP contribution in [0.4, 0.5) is 11.6 Å². The molecule has 3 atom stereocenters. The highest BCUT2D eigenvalue weighted by molar-refractivity contribution is 5.96. The largest absolute Gasteiger partial charge is 0.384 e. The van der Waals surface area contributed by atoms with E-state index in [1.165, 1.54) is 6.42 Å². The van der Waals surface area contributed by atoms with Crippen LogP contribution in [-0.2, 0) is 13.0 Å². The number of carbonyl (C=O) groups excluding carboxylic acids is 1. The van der Waals surface area contributed by atoms with Gasteiger partial charge >= 0.3 is 0 Å². The fraction of sp³-hybridized carbons (Fsp3) is 0.417. The van der Waals surface area contributed by atoms with Crippen LogP contribution in [0.3, 0.4) is 0 Å². The van der Waals surface area contributed by atoms with Crippen molar-refractivity contribution in [3.63, 3.8) is 0 Å². The molecule has 1 aliphatic heterocycles. The predicted octanol–water partition coefficient (Wildman–Crippen LogP) is 3.06. The van der Waals surface area contributed by atoms with Crippen molar-refractivity contribution in [1.29, 1.82) is 0 Å². The zero-order valence-corrected chi connectivity index (χ0v) is 17.4. The number of nitrogens with zero attached hydrogens (tertiary/aromatic N) is 5. The van der Waals surface area contributed by atoms with Crippen molar-refractivity contribution in [2.75, 3.05) is 23.7 Å². The fourth-order valence-electron chi connectivity index (χ4n) is 5.18. The number of Topliss-reactive ketones (excluding diaryl/α,β-unsaturated/α-hetero) is 1. The van der Waals surface area contributed by atoms with E-state index in [-0.39, 0.29) is 11.7 Å². The number of ketones is 1. The van der Waals surface area contributed by atoms with E-state index in [2.05, 4.69) is 32.1 Å². The van der Waals surface area contributed by atoms with Gasteiger partial charge < -0.3 is 10.6 Å². The number of nitrogen functional groups attached to an aromatic ring is 1. The van der Waals surface area contributed by atoms with Gasteiger partial charge in [0.15, 0.2) is 5.78 Å². The van der Waals surface area contributed by atoms with Gasteiger partial charge in [-0.25, -0.2) is 9.97 Å². The summed E-state index contributed by atoms with van der Waals surface area (Å²) in [6.07, 6.45) is 9.17. The van der Waals surface area contributed by atoms with Crippen LogP contribution in [0.5, 0.6) is 0 Å². The van der Waals surface area contributed by atoms with Crippen molar-refractivity contribution >= 4 is 17.4 Å². The van der Waals surface area contributed by atoms with E-state index in [1.807, 2.05) is 29.2 Å². The van der Waals surface area contributed by atoms with Gasteiger partial charge in [0.2, 0.25) is 0 Å². The standard InChI is InChI=1S/C24H26N6O/c25-23-5-3-20-16(2-4-21(20)28-23)8-22(31)19-10-27-30(14-19)11-15-1-6-24(26-9-15)29-12-17-7-18(17)13-29/h1,3,5-6,9-10,14,16-18H,2,4,7-8,11-13H2,(H2,25,28)/t16-,17?,18?/m0/s1. The Labute approximate surface area is 181 Å². The van der Waals surface area contributed by atoms with Crippen molar-refractivity contribution in [2.45, 2.75) is 38.1 Å². The number of fused-ring (bicyclic) bond motifs is 2. The molecule has 0 spiro atoms. The summed E-state index contributed by atoms with van der Waals surface area (Å²) >= 11 is 0. The Balaban J connectivity index is 1.09. The van der Waals surface area contributed by atoms with Crippen molar-refractivity contribution in [2.24, 2.45) is 11.8 Å². The second-order valence-electron chi connectivity index (χ2n) is 9.25. The summed E-state index contributed by atoms with van der Waals surface area (Å²) in [5.74, 6) is 3.75. The van der Waals surface area contributed by atoms with Gasteiger partial charge in [-0.1, -0.05) is 12.1 Å². The monoisotopic (exact) mass is 414 g/mol. The molecule has 7 nitrogen and oxygen atoms in total. The van der Waals surface area contributed by atoms with Crippen LogP contribution >= 0.6 is 0 Å². The topological polar surface area (TPSA) is 89.9 Å². The number of hydrogen-bond acceptors (Lipinski definition) is 6. The highest BCUT2D eigenvalue weighted by Gasteiger charge is 2.45. The SMILES string of the molecule is Nc1ccc2c(n1)CC[C@H]2CC(=O)c1cnn(Cc2ccc(N3CC4CC4C3)nc2)c1. The van der Waals surface area contributed by atoms with Crippen LogP contribution in [0.2, 0.25) is 0 Å². The Bertz CT molecular complexity index is 1130. The molecule has 0 amide bonds. The Hall–Kier alpha value is -3.22. The van der Waals surface area contributed by atoms with E-state index < -0.39 is 0 Å². The Kier molecular flexibility index (Phi) is 4.30. The number of nitrogens with two attached hydrogens (primary N) is 1.